The van der Waals surface area contributed by atoms with Gasteiger partial charge in [-0.05, 0) is 27.7 Å². The van der Waals surface area contributed by atoms with Crippen molar-refractivity contribution >= 4 is 29.9 Å². The van der Waals surface area contributed by atoms with E-state index in [1.807, 2.05) is 28.2 Å². The summed E-state index contributed by atoms with van der Waals surface area (Å²) in [4.78, 5) is 11.4. The van der Waals surface area contributed by atoms with Gasteiger partial charge in [-0.15, -0.1) is 24.0 Å². The number of nitrogens with zero attached hydrogens (tertiary/aromatic N) is 4. The molecule has 0 aliphatic carbocycles. The van der Waals surface area contributed by atoms with Gasteiger partial charge >= 0.3 is 0 Å². The Balaban J connectivity index is 0.00000400. The van der Waals surface area contributed by atoms with Gasteiger partial charge in [-0.3, -0.25) is 9.89 Å². The van der Waals surface area contributed by atoms with E-state index in [0.717, 1.165) is 25.6 Å². The first-order valence-electron chi connectivity index (χ1n) is 7.43. The summed E-state index contributed by atoms with van der Waals surface area (Å²) in [5.74, 6) is 1.01. The summed E-state index contributed by atoms with van der Waals surface area (Å²) in [6.07, 6.45) is 0.591. The number of guanidine groups is 1. The number of hydrogen-bond donors (Lipinski definition) is 0. The molecule has 1 saturated heterocycles. The minimum absolute atomic E-state index is 0. The fourth-order valence-electron chi connectivity index (χ4n) is 2.72. The molecule has 0 N–H and O–H groups in total. The van der Waals surface area contributed by atoms with Gasteiger partial charge in [-0.1, -0.05) is 0 Å². The quantitative estimate of drug-likeness (QED) is 0.403. The van der Waals surface area contributed by atoms with Crippen LogP contribution in [-0.4, -0.2) is 86.2 Å². The van der Waals surface area contributed by atoms with Crippen molar-refractivity contribution in [2.45, 2.75) is 45.4 Å². The Morgan fingerprint density at radius 1 is 1.10 bits per heavy atom. The molecular formula is C15H33IN4O. The summed E-state index contributed by atoms with van der Waals surface area (Å²) in [6, 6.07) is 0. The summed E-state index contributed by atoms with van der Waals surface area (Å²) in [5.41, 5.74) is 0.0452. The second-order valence-electron chi connectivity index (χ2n) is 6.88. The Kier molecular flexibility index (Phi) is 8.49. The summed E-state index contributed by atoms with van der Waals surface area (Å²) >= 11 is 0. The Bertz CT molecular complexity index is 325. The van der Waals surface area contributed by atoms with Crippen LogP contribution < -0.4 is 0 Å². The third-order valence-electron chi connectivity index (χ3n) is 3.68. The molecule has 2 atom stereocenters. The van der Waals surface area contributed by atoms with Gasteiger partial charge < -0.3 is 14.5 Å². The molecular weight excluding hydrogens is 379 g/mol. The second-order valence-corrected chi connectivity index (χ2v) is 6.88. The molecule has 126 valence electrons. The van der Waals surface area contributed by atoms with Gasteiger partial charge in [0.05, 0.1) is 18.8 Å². The van der Waals surface area contributed by atoms with E-state index in [9.17, 15) is 0 Å². The fourth-order valence-corrected chi connectivity index (χ4v) is 2.72. The molecule has 1 aliphatic rings. The lowest BCUT2D eigenvalue weighted by Crippen LogP contribution is -2.56. The molecule has 5 nitrogen and oxygen atoms in total. The zero-order valence-corrected chi connectivity index (χ0v) is 17.2. The molecule has 0 aromatic carbocycles. The summed E-state index contributed by atoms with van der Waals surface area (Å²) in [5, 5.41) is 0. The van der Waals surface area contributed by atoms with E-state index in [1.165, 1.54) is 0 Å². The monoisotopic (exact) mass is 412 g/mol. The summed E-state index contributed by atoms with van der Waals surface area (Å²) < 4.78 is 5.82. The minimum Gasteiger partial charge on any atom is -0.373 e. The molecule has 1 heterocycles. The van der Waals surface area contributed by atoms with Crippen molar-refractivity contribution in [3.8, 4) is 0 Å². The number of halogens is 1. The van der Waals surface area contributed by atoms with Gasteiger partial charge in [-0.25, -0.2) is 0 Å². The zero-order valence-electron chi connectivity index (χ0n) is 14.9. The van der Waals surface area contributed by atoms with Crippen molar-refractivity contribution in [2.24, 2.45) is 4.99 Å². The van der Waals surface area contributed by atoms with E-state index in [2.05, 4.69) is 42.4 Å². The molecule has 0 saturated carbocycles. The van der Waals surface area contributed by atoms with E-state index in [4.69, 9.17) is 9.73 Å². The van der Waals surface area contributed by atoms with Crippen molar-refractivity contribution in [2.75, 3.05) is 47.8 Å². The smallest absolute Gasteiger partial charge is 0.195 e. The second kappa shape index (κ2) is 8.53. The van der Waals surface area contributed by atoms with Crippen LogP contribution in [-0.2, 0) is 4.74 Å². The van der Waals surface area contributed by atoms with Gasteiger partial charge in [0.2, 0.25) is 0 Å². The number of aliphatic imine (C=N–C) groups is 1. The maximum absolute atomic E-state index is 5.82. The lowest BCUT2D eigenvalue weighted by atomic mass is 10.0. The van der Waals surface area contributed by atoms with Crippen LogP contribution in [0.1, 0.15) is 27.7 Å². The molecule has 0 spiro atoms. The van der Waals surface area contributed by atoms with Gasteiger partial charge in [0.25, 0.3) is 0 Å². The molecule has 0 aromatic heterocycles. The van der Waals surface area contributed by atoms with E-state index in [-0.39, 0.29) is 29.5 Å². The first-order chi connectivity index (χ1) is 9.13. The van der Waals surface area contributed by atoms with Crippen molar-refractivity contribution in [1.82, 2.24) is 14.7 Å². The Labute approximate surface area is 147 Å². The summed E-state index contributed by atoms with van der Waals surface area (Å²) in [6.45, 7) is 11.6. The number of rotatable bonds is 3. The lowest BCUT2D eigenvalue weighted by molar-refractivity contribution is -0.0939. The molecule has 21 heavy (non-hydrogen) atoms. The molecule has 1 rings (SSSR count). The van der Waals surface area contributed by atoms with Gasteiger partial charge in [0.1, 0.15) is 0 Å². The van der Waals surface area contributed by atoms with Crippen LogP contribution in [0.3, 0.4) is 0 Å². The predicted octanol–water partition coefficient (Wildman–Crippen LogP) is 1.97. The molecule has 0 aromatic rings. The SMILES string of the molecule is CC1CN(C(C)(C)CN=C(N(C)C)N(C)C)CC(C)O1.I. The molecule has 2 unspecified atom stereocenters. The Morgan fingerprint density at radius 2 is 1.52 bits per heavy atom. The minimum atomic E-state index is 0. The molecule has 6 heteroatoms. The van der Waals surface area contributed by atoms with Crippen LogP contribution in [0, 0.1) is 0 Å². The standard InChI is InChI=1S/C15H32N4O.HI/c1-12-9-19(10-13(2)20-12)15(3,4)11-16-14(17(5)6)18(7)8;/h12-13H,9-11H2,1-8H3;1H. The summed E-state index contributed by atoms with van der Waals surface area (Å²) in [7, 11) is 8.13. The van der Waals surface area contributed by atoms with Crippen LogP contribution >= 0.6 is 24.0 Å². The van der Waals surface area contributed by atoms with Crippen LogP contribution in [0.2, 0.25) is 0 Å². The average molecular weight is 412 g/mol. The third kappa shape index (κ3) is 6.28. The topological polar surface area (TPSA) is 31.3 Å². The Morgan fingerprint density at radius 3 is 1.90 bits per heavy atom. The first-order valence-corrected chi connectivity index (χ1v) is 7.43. The number of morpholine rings is 1. The highest BCUT2D eigenvalue weighted by Crippen LogP contribution is 2.21. The highest BCUT2D eigenvalue weighted by atomic mass is 127. The molecule has 0 bridgehead atoms. The normalized spacial score (nSPS) is 23.2. The van der Waals surface area contributed by atoms with E-state index >= 15 is 0 Å². The van der Waals surface area contributed by atoms with Crippen LogP contribution in [0.25, 0.3) is 0 Å². The molecule has 1 fully saturated rings. The molecule has 0 radical (unpaired) electrons. The fraction of sp³-hybridized carbons (Fsp3) is 0.933. The molecule has 1 aliphatic heterocycles. The Hall–Kier alpha value is -0.0800. The first kappa shape index (κ1) is 20.9. The largest absolute Gasteiger partial charge is 0.373 e. The van der Waals surface area contributed by atoms with Crippen molar-refractivity contribution in [1.29, 1.82) is 0 Å². The number of hydrogen-bond acceptors (Lipinski definition) is 3. The maximum atomic E-state index is 5.82. The van der Waals surface area contributed by atoms with Crippen LogP contribution in [0.4, 0.5) is 0 Å². The van der Waals surface area contributed by atoms with Crippen LogP contribution in [0.15, 0.2) is 4.99 Å². The molecule has 0 amide bonds. The van der Waals surface area contributed by atoms with Gasteiger partial charge in [0, 0.05) is 46.8 Å². The third-order valence-corrected chi connectivity index (χ3v) is 3.68. The maximum Gasteiger partial charge on any atom is 0.195 e. The van der Waals surface area contributed by atoms with E-state index < -0.39 is 0 Å². The number of ether oxygens (including phenoxy) is 1. The van der Waals surface area contributed by atoms with Crippen LogP contribution in [0.5, 0.6) is 0 Å². The average Bonchev–Trinajstić information content (AvgIpc) is 2.26. The van der Waals surface area contributed by atoms with Gasteiger partial charge in [-0.2, -0.15) is 0 Å². The van der Waals surface area contributed by atoms with Crippen molar-refractivity contribution in [3.63, 3.8) is 0 Å². The highest BCUT2D eigenvalue weighted by molar-refractivity contribution is 14.0. The van der Waals surface area contributed by atoms with Crippen molar-refractivity contribution < 1.29 is 4.74 Å². The predicted molar refractivity (Wildman–Crippen MR) is 101 cm³/mol. The van der Waals surface area contributed by atoms with Gasteiger partial charge in [0.15, 0.2) is 5.96 Å². The van der Waals surface area contributed by atoms with E-state index in [0.29, 0.717) is 12.2 Å². The zero-order chi connectivity index (χ0) is 15.5. The lowest BCUT2D eigenvalue weighted by Gasteiger charge is -2.44. The van der Waals surface area contributed by atoms with Crippen molar-refractivity contribution in [3.05, 3.63) is 0 Å². The highest BCUT2D eigenvalue weighted by Gasteiger charge is 2.33. The van der Waals surface area contributed by atoms with E-state index in [1.54, 1.807) is 0 Å².